The van der Waals surface area contributed by atoms with Gasteiger partial charge < -0.3 is 24.3 Å². The lowest BCUT2D eigenvalue weighted by Gasteiger charge is -2.27. The Bertz CT molecular complexity index is 803. The van der Waals surface area contributed by atoms with Crippen molar-refractivity contribution in [2.24, 2.45) is 0 Å². The highest BCUT2D eigenvalue weighted by Gasteiger charge is 2.31. The Labute approximate surface area is 147 Å². The van der Waals surface area contributed by atoms with Gasteiger partial charge in [-0.1, -0.05) is 6.07 Å². The van der Waals surface area contributed by atoms with Crippen LogP contribution in [0.3, 0.4) is 0 Å². The molecule has 5 nitrogen and oxygen atoms in total. The van der Waals surface area contributed by atoms with E-state index < -0.39 is 0 Å². The molecule has 2 aromatic carbocycles. The first-order chi connectivity index (χ1) is 12.2. The second-order valence-electron chi connectivity index (χ2n) is 6.28. The van der Waals surface area contributed by atoms with Gasteiger partial charge in [-0.2, -0.15) is 0 Å². The van der Waals surface area contributed by atoms with E-state index >= 15 is 0 Å². The molecule has 1 N–H and O–H groups in total. The van der Waals surface area contributed by atoms with Crippen molar-refractivity contribution >= 4 is 0 Å². The van der Waals surface area contributed by atoms with Gasteiger partial charge in [0.15, 0.2) is 23.0 Å². The maximum absolute atomic E-state index is 6.37. The molecule has 2 aromatic rings. The van der Waals surface area contributed by atoms with Crippen molar-refractivity contribution in [3.8, 4) is 28.7 Å². The first-order valence-electron chi connectivity index (χ1n) is 8.69. The molecule has 1 atom stereocenters. The minimum atomic E-state index is 0.207. The SMILES string of the molecule is CCOc1ccc2c3c1Oc1cc(OC)c(OC)cc1CC3NCC2. The maximum atomic E-state index is 6.37. The van der Waals surface area contributed by atoms with Crippen LogP contribution in [-0.4, -0.2) is 27.4 Å². The van der Waals surface area contributed by atoms with Gasteiger partial charge >= 0.3 is 0 Å². The number of hydrogen-bond donors (Lipinski definition) is 1. The number of benzene rings is 2. The van der Waals surface area contributed by atoms with Crippen molar-refractivity contribution in [3.63, 3.8) is 0 Å². The third kappa shape index (κ3) is 2.68. The Morgan fingerprint density at radius 3 is 2.64 bits per heavy atom. The summed E-state index contributed by atoms with van der Waals surface area (Å²) in [4.78, 5) is 0. The van der Waals surface area contributed by atoms with Crippen LogP contribution in [0.15, 0.2) is 24.3 Å². The Hall–Kier alpha value is -2.40. The largest absolute Gasteiger partial charge is 0.493 e. The van der Waals surface area contributed by atoms with Gasteiger partial charge in [0.25, 0.3) is 0 Å². The molecular weight excluding hydrogens is 318 g/mol. The highest BCUT2D eigenvalue weighted by molar-refractivity contribution is 5.60. The van der Waals surface area contributed by atoms with Crippen molar-refractivity contribution in [2.45, 2.75) is 25.8 Å². The Kier molecular flexibility index (Phi) is 4.17. The van der Waals surface area contributed by atoms with Gasteiger partial charge in [0, 0.05) is 23.2 Å². The molecule has 1 unspecified atom stereocenters. The summed E-state index contributed by atoms with van der Waals surface area (Å²) in [5, 5.41) is 3.63. The molecule has 0 radical (unpaired) electrons. The van der Waals surface area contributed by atoms with Gasteiger partial charge in [0.2, 0.25) is 0 Å². The van der Waals surface area contributed by atoms with Crippen molar-refractivity contribution < 1.29 is 18.9 Å². The minimum absolute atomic E-state index is 0.207. The molecule has 25 heavy (non-hydrogen) atoms. The molecule has 0 amide bonds. The predicted molar refractivity (Wildman–Crippen MR) is 95.4 cm³/mol. The van der Waals surface area contributed by atoms with Gasteiger partial charge in [-0.15, -0.1) is 0 Å². The molecule has 0 saturated carbocycles. The molecule has 2 aliphatic heterocycles. The number of methoxy groups -OCH3 is 2. The molecule has 0 aromatic heterocycles. The summed E-state index contributed by atoms with van der Waals surface area (Å²) in [6.07, 6.45) is 1.84. The number of nitrogens with one attached hydrogen (secondary N) is 1. The fourth-order valence-corrected chi connectivity index (χ4v) is 3.74. The van der Waals surface area contributed by atoms with Crippen LogP contribution in [0.5, 0.6) is 28.7 Å². The lowest BCUT2D eigenvalue weighted by Crippen LogP contribution is -2.31. The van der Waals surface area contributed by atoms with E-state index in [9.17, 15) is 0 Å². The molecule has 0 aliphatic carbocycles. The molecule has 5 heteroatoms. The van der Waals surface area contributed by atoms with E-state index in [0.29, 0.717) is 12.4 Å². The maximum Gasteiger partial charge on any atom is 0.174 e. The summed E-state index contributed by atoms with van der Waals surface area (Å²) in [5.41, 5.74) is 3.64. The van der Waals surface area contributed by atoms with Crippen LogP contribution in [0.1, 0.15) is 29.7 Å². The standard InChI is InChI=1S/C20H23NO4/c1-4-24-15-6-5-12-7-8-21-14-9-13-10-17(22-2)18(23-3)11-16(13)25-20(15)19(12)14/h5-6,10-11,14,21H,4,7-9H2,1-3H3. The third-order valence-corrected chi connectivity index (χ3v) is 4.89. The van der Waals surface area contributed by atoms with Crippen LogP contribution in [0.4, 0.5) is 0 Å². The predicted octanol–water partition coefficient (Wildman–Crippen LogP) is 3.64. The molecule has 0 fully saturated rings. The van der Waals surface area contributed by atoms with Crippen molar-refractivity contribution in [1.82, 2.24) is 5.32 Å². The zero-order valence-corrected chi connectivity index (χ0v) is 14.8. The number of fused-ring (bicyclic) bond motifs is 1. The fourth-order valence-electron chi connectivity index (χ4n) is 3.74. The topological polar surface area (TPSA) is 49.0 Å². The molecule has 0 saturated heterocycles. The van der Waals surface area contributed by atoms with E-state index in [0.717, 1.165) is 47.9 Å². The Balaban J connectivity index is 1.89. The van der Waals surface area contributed by atoms with Crippen LogP contribution >= 0.6 is 0 Å². The summed E-state index contributed by atoms with van der Waals surface area (Å²) in [6, 6.07) is 8.31. The van der Waals surface area contributed by atoms with E-state index in [1.54, 1.807) is 14.2 Å². The Morgan fingerprint density at radius 1 is 1.08 bits per heavy atom. The molecule has 132 valence electrons. The zero-order chi connectivity index (χ0) is 17.4. The first kappa shape index (κ1) is 16.1. The van der Waals surface area contributed by atoms with Crippen LogP contribution in [0, 0.1) is 0 Å². The molecule has 2 heterocycles. The van der Waals surface area contributed by atoms with Gasteiger partial charge in [-0.05, 0) is 44.0 Å². The second-order valence-corrected chi connectivity index (χ2v) is 6.28. The quantitative estimate of drug-likeness (QED) is 0.920. The minimum Gasteiger partial charge on any atom is -0.493 e. The highest BCUT2D eigenvalue weighted by Crippen LogP contribution is 2.48. The summed E-state index contributed by atoms with van der Waals surface area (Å²) in [5.74, 6) is 3.79. The summed E-state index contributed by atoms with van der Waals surface area (Å²) in [6.45, 7) is 3.56. The third-order valence-electron chi connectivity index (χ3n) is 4.89. The van der Waals surface area contributed by atoms with Crippen molar-refractivity contribution in [3.05, 3.63) is 41.0 Å². The van der Waals surface area contributed by atoms with Gasteiger partial charge in [-0.3, -0.25) is 0 Å². The van der Waals surface area contributed by atoms with E-state index in [1.165, 1.54) is 11.1 Å². The molecule has 2 aliphatic rings. The average Bonchev–Trinajstić information content (AvgIpc) is 2.80. The monoisotopic (exact) mass is 341 g/mol. The average molecular weight is 341 g/mol. The number of rotatable bonds is 4. The molecular formula is C20H23NO4. The number of ether oxygens (including phenoxy) is 4. The van der Waals surface area contributed by atoms with Gasteiger partial charge in [0.1, 0.15) is 5.75 Å². The summed E-state index contributed by atoms with van der Waals surface area (Å²) < 4.78 is 23.1. The summed E-state index contributed by atoms with van der Waals surface area (Å²) >= 11 is 0. The lowest BCUT2D eigenvalue weighted by atomic mass is 9.90. The van der Waals surface area contributed by atoms with Crippen molar-refractivity contribution in [2.75, 3.05) is 27.4 Å². The van der Waals surface area contributed by atoms with E-state index in [2.05, 4.69) is 11.4 Å². The van der Waals surface area contributed by atoms with Gasteiger partial charge in [0.05, 0.1) is 20.8 Å². The zero-order valence-electron chi connectivity index (χ0n) is 14.8. The van der Waals surface area contributed by atoms with Gasteiger partial charge in [-0.25, -0.2) is 0 Å². The molecule has 0 spiro atoms. The molecule has 4 rings (SSSR count). The van der Waals surface area contributed by atoms with Crippen LogP contribution in [-0.2, 0) is 12.8 Å². The van der Waals surface area contributed by atoms with E-state index in [4.69, 9.17) is 18.9 Å². The van der Waals surface area contributed by atoms with Crippen molar-refractivity contribution in [1.29, 1.82) is 0 Å². The van der Waals surface area contributed by atoms with E-state index in [1.807, 2.05) is 25.1 Å². The summed E-state index contributed by atoms with van der Waals surface area (Å²) in [7, 11) is 3.29. The second kappa shape index (κ2) is 6.48. The molecule has 0 bridgehead atoms. The first-order valence-corrected chi connectivity index (χ1v) is 8.69. The lowest BCUT2D eigenvalue weighted by molar-refractivity contribution is 0.317. The number of hydrogen-bond acceptors (Lipinski definition) is 5. The van der Waals surface area contributed by atoms with E-state index in [-0.39, 0.29) is 6.04 Å². The van der Waals surface area contributed by atoms with Crippen LogP contribution < -0.4 is 24.3 Å². The highest BCUT2D eigenvalue weighted by atomic mass is 16.5. The normalized spacial score (nSPS) is 17.6. The van der Waals surface area contributed by atoms with Crippen LogP contribution in [0.25, 0.3) is 0 Å². The van der Waals surface area contributed by atoms with Crippen LogP contribution in [0.2, 0.25) is 0 Å². The Morgan fingerprint density at radius 2 is 1.88 bits per heavy atom. The fraction of sp³-hybridized carbons (Fsp3) is 0.400. The smallest absolute Gasteiger partial charge is 0.174 e.